The molecule has 0 bridgehead atoms. The van der Waals surface area contributed by atoms with E-state index in [4.69, 9.17) is 4.74 Å². The van der Waals surface area contributed by atoms with Crippen LogP contribution >= 0.6 is 11.3 Å². The minimum absolute atomic E-state index is 0.0374. The molecule has 1 aromatic carbocycles. The summed E-state index contributed by atoms with van der Waals surface area (Å²) in [6.07, 6.45) is 2.01. The Kier molecular flexibility index (Phi) is 4.83. The topological polar surface area (TPSA) is 97.4 Å². The predicted molar refractivity (Wildman–Crippen MR) is 89.6 cm³/mol. The first kappa shape index (κ1) is 16.9. The van der Waals surface area contributed by atoms with E-state index in [1.54, 1.807) is 17.5 Å². The molecule has 1 fully saturated rings. The zero-order chi connectivity index (χ0) is 17.2. The molecular weight excluding hydrogens is 350 g/mol. The Morgan fingerprint density at radius 2 is 2.04 bits per heavy atom. The molecule has 2 aromatic rings. The van der Waals surface area contributed by atoms with E-state index in [0.29, 0.717) is 16.5 Å². The van der Waals surface area contributed by atoms with E-state index in [1.165, 1.54) is 30.6 Å². The highest BCUT2D eigenvalue weighted by atomic mass is 32.2. The minimum Gasteiger partial charge on any atom is -0.497 e. The molecule has 2 N–H and O–H groups in total. The number of carbonyl (C=O) groups excluding carboxylic acids is 1. The number of nitrogens with one attached hydrogen (secondary N) is 2. The summed E-state index contributed by atoms with van der Waals surface area (Å²) in [6.45, 7) is 0.0374. The average molecular weight is 367 g/mol. The Morgan fingerprint density at radius 3 is 2.67 bits per heavy atom. The maximum atomic E-state index is 12.2. The van der Waals surface area contributed by atoms with Crippen molar-refractivity contribution < 1.29 is 17.9 Å². The van der Waals surface area contributed by atoms with E-state index < -0.39 is 10.0 Å². The molecule has 0 unspecified atom stereocenters. The van der Waals surface area contributed by atoms with Crippen LogP contribution in [0.4, 0.5) is 0 Å². The molecule has 24 heavy (non-hydrogen) atoms. The van der Waals surface area contributed by atoms with Crippen LogP contribution in [0.2, 0.25) is 0 Å². The lowest BCUT2D eigenvalue weighted by molar-refractivity contribution is 0.0946. The van der Waals surface area contributed by atoms with Gasteiger partial charge in [0, 0.05) is 11.4 Å². The van der Waals surface area contributed by atoms with Crippen LogP contribution in [0.25, 0.3) is 0 Å². The van der Waals surface area contributed by atoms with Crippen molar-refractivity contribution in [1.29, 1.82) is 0 Å². The second-order valence-electron chi connectivity index (χ2n) is 5.37. The molecule has 0 atom stereocenters. The highest BCUT2D eigenvalue weighted by Crippen LogP contribution is 2.20. The smallest absolute Gasteiger partial charge is 0.270 e. The number of rotatable bonds is 7. The summed E-state index contributed by atoms with van der Waals surface area (Å²) in [7, 11) is -2.13. The van der Waals surface area contributed by atoms with Crippen molar-refractivity contribution in [1.82, 2.24) is 15.0 Å². The predicted octanol–water partition coefficient (Wildman–Crippen LogP) is 1.52. The Hall–Kier alpha value is -1.97. The highest BCUT2D eigenvalue weighted by Gasteiger charge is 2.25. The fourth-order valence-electron chi connectivity index (χ4n) is 1.98. The third-order valence-electron chi connectivity index (χ3n) is 3.48. The molecule has 1 aliphatic rings. The molecule has 0 saturated heterocycles. The van der Waals surface area contributed by atoms with Gasteiger partial charge < -0.3 is 10.1 Å². The molecule has 1 saturated carbocycles. The van der Waals surface area contributed by atoms with E-state index in [2.05, 4.69) is 15.0 Å². The zero-order valence-electron chi connectivity index (χ0n) is 13.0. The molecule has 7 nitrogen and oxygen atoms in total. The van der Waals surface area contributed by atoms with Crippen LogP contribution in [0, 0.1) is 0 Å². The molecule has 3 rings (SSSR count). The van der Waals surface area contributed by atoms with Crippen LogP contribution in [0.15, 0.2) is 34.5 Å². The van der Waals surface area contributed by atoms with Crippen LogP contribution in [0.1, 0.15) is 28.3 Å². The third kappa shape index (κ3) is 4.11. The van der Waals surface area contributed by atoms with Gasteiger partial charge in [-0.05, 0) is 37.1 Å². The summed E-state index contributed by atoms with van der Waals surface area (Å²) < 4.78 is 32.0. The molecule has 0 radical (unpaired) electrons. The number of hydrogen-bond acceptors (Lipinski definition) is 6. The van der Waals surface area contributed by atoms with Crippen LogP contribution < -0.4 is 14.8 Å². The number of hydrogen-bond donors (Lipinski definition) is 2. The van der Waals surface area contributed by atoms with Gasteiger partial charge in [-0.15, -0.1) is 11.3 Å². The van der Waals surface area contributed by atoms with Crippen molar-refractivity contribution in [3.8, 4) is 5.75 Å². The van der Waals surface area contributed by atoms with Gasteiger partial charge in [-0.2, -0.15) is 0 Å². The highest BCUT2D eigenvalue weighted by molar-refractivity contribution is 7.89. The monoisotopic (exact) mass is 367 g/mol. The normalized spacial score (nSPS) is 14.4. The van der Waals surface area contributed by atoms with Gasteiger partial charge in [0.05, 0.1) is 18.6 Å². The van der Waals surface area contributed by atoms with Crippen LogP contribution in [-0.2, 0) is 16.6 Å². The SMILES string of the molecule is COc1ccc(S(=O)(=O)NCc2nc(C(=O)NC3CC3)cs2)cc1. The number of thiazole rings is 1. The first-order valence-corrected chi connectivity index (χ1v) is 9.73. The summed E-state index contributed by atoms with van der Waals surface area (Å²) >= 11 is 1.25. The van der Waals surface area contributed by atoms with E-state index in [-0.39, 0.29) is 23.4 Å². The molecule has 0 aliphatic heterocycles. The van der Waals surface area contributed by atoms with Gasteiger partial charge in [-0.25, -0.2) is 18.1 Å². The number of amides is 1. The molecule has 1 amide bonds. The molecule has 1 heterocycles. The quantitative estimate of drug-likeness (QED) is 0.773. The van der Waals surface area contributed by atoms with Crippen molar-refractivity contribution in [2.24, 2.45) is 0 Å². The number of ether oxygens (including phenoxy) is 1. The van der Waals surface area contributed by atoms with Gasteiger partial charge in [0.2, 0.25) is 10.0 Å². The molecule has 128 valence electrons. The number of methoxy groups -OCH3 is 1. The molecule has 1 aromatic heterocycles. The van der Waals surface area contributed by atoms with Crippen molar-refractivity contribution in [3.05, 3.63) is 40.3 Å². The van der Waals surface area contributed by atoms with E-state index in [9.17, 15) is 13.2 Å². The van der Waals surface area contributed by atoms with Gasteiger partial charge in [-0.3, -0.25) is 4.79 Å². The lowest BCUT2D eigenvalue weighted by Crippen LogP contribution is -2.26. The first-order valence-electron chi connectivity index (χ1n) is 7.37. The number of sulfonamides is 1. The van der Waals surface area contributed by atoms with E-state index in [0.717, 1.165) is 12.8 Å². The summed E-state index contributed by atoms with van der Waals surface area (Å²) in [5.41, 5.74) is 0.325. The van der Waals surface area contributed by atoms with Gasteiger partial charge >= 0.3 is 0 Å². The number of aromatic nitrogens is 1. The lowest BCUT2D eigenvalue weighted by Gasteiger charge is -2.06. The summed E-state index contributed by atoms with van der Waals surface area (Å²) in [6, 6.07) is 6.36. The Balaban J connectivity index is 1.61. The maximum absolute atomic E-state index is 12.2. The fraction of sp³-hybridized carbons (Fsp3) is 0.333. The molecule has 9 heteroatoms. The van der Waals surface area contributed by atoms with Gasteiger partial charge in [0.15, 0.2) is 0 Å². The summed E-state index contributed by atoms with van der Waals surface area (Å²) in [5.74, 6) is 0.373. The summed E-state index contributed by atoms with van der Waals surface area (Å²) in [5, 5.41) is 5.02. The zero-order valence-corrected chi connectivity index (χ0v) is 14.6. The second kappa shape index (κ2) is 6.88. The Bertz CT molecular complexity index is 827. The number of nitrogens with zero attached hydrogens (tertiary/aromatic N) is 1. The molecular formula is C15H17N3O4S2. The standard InChI is InChI=1S/C15H17N3O4S2/c1-22-11-4-6-12(7-5-11)24(20,21)16-8-14-18-13(9-23-14)15(19)17-10-2-3-10/h4-7,9-10,16H,2-3,8H2,1H3,(H,17,19). The van der Waals surface area contributed by atoms with Crippen molar-refractivity contribution >= 4 is 27.3 Å². The van der Waals surface area contributed by atoms with Crippen LogP contribution in [-0.4, -0.2) is 32.5 Å². The van der Waals surface area contributed by atoms with Crippen molar-refractivity contribution in [2.75, 3.05) is 7.11 Å². The first-order chi connectivity index (χ1) is 11.5. The molecule has 1 aliphatic carbocycles. The van der Waals surface area contributed by atoms with Crippen LogP contribution in [0.3, 0.4) is 0 Å². The maximum Gasteiger partial charge on any atom is 0.270 e. The van der Waals surface area contributed by atoms with Crippen molar-refractivity contribution in [3.63, 3.8) is 0 Å². The van der Waals surface area contributed by atoms with Crippen LogP contribution in [0.5, 0.6) is 5.75 Å². The van der Waals surface area contributed by atoms with E-state index >= 15 is 0 Å². The van der Waals surface area contributed by atoms with Gasteiger partial charge in [0.1, 0.15) is 16.5 Å². The lowest BCUT2D eigenvalue weighted by atomic mass is 10.3. The number of benzene rings is 1. The Morgan fingerprint density at radius 1 is 1.33 bits per heavy atom. The largest absolute Gasteiger partial charge is 0.497 e. The fourth-order valence-corrected chi connectivity index (χ4v) is 3.77. The van der Waals surface area contributed by atoms with Gasteiger partial charge in [-0.1, -0.05) is 0 Å². The Labute approximate surface area is 144 Å². The minimum atomic E-state index is -3.64. The van der Waals surface area contributed by atoms with Gasteiger partial charge in [0.25, 0.3) is 5.91 Å². The summed E-state index contributed by atoms with van der Waals surface area (Å²) in [4.78, 5) is 16.2. The third-order valence-corrected chi connectivity index (χ3v) is 5.75. The van der Waals surface area contributed by atoms with Crippen molar-refractivity contribution in [2.45, 2.75) is 30.3 Å². The van der Waals surface area contributed by atoms with E-state index in [1.807, 2.05) is 0 Å². The number of carbonyl (C=O) groups is 1. The average Bonchev–Trinajstić information content (AvgIpc) is 3.26. The second-order valence-corrected chi connectivity index (χ2v) is 8.08. The molecule has 0 spiro atoms.